The highest BCUT2D eigenvalue weighted by molar-refractivity contribution is 14.1. The van der Waals surface area contributed by atoms with Gasteiger partial charge in [-0.2, -0.15) is 13.2 Å². The van der Waals surface area contributed by atoms with Crippen molar-refractivity contribution in [1.82, 2.24) is 5.32 Å². The number of hydrogen-bond donors (Lipinski definition) is 2. The Labute approximate surface area is 197 Å². The highest BCUT2D eigenvalue weighted by atomic mass is 127. The molecule has 0 bridgehead atoms. The van der Waals surface area contributed by atoms with E-state index >= 15 is 0 Å². The van der Waals surface area contributed by atoms with Crippen molar-refractivity contribution in [3.05, 3.63) is 73.5 Å². The van der Waals surface area contributed by atoms with E-state index in [2.05, 4.69) is 10.6 Å². The number of halogens is 6. The van der Waals surface area contributed by atoms with Gasteiger partial charge in [0, 0.05) is 14.2 Å². The van der Waals surface area contributed by atoms with Gasteiger partial charge in [-0.05, 0) is 83.3 Å². The summed E-state index contributed by atoms with van der Waals surface area (Å²) in [5.41, 5.74) is -0.653. The van der Waals surface area contributed by atoms with Crippen LogP contribution in [-0.4, -0.2) is 11.0 Å². The molecule has 4 nitrogen and oxygen atoms in total. The number of hydrogen-bond acceptors (Lipinski definition) is 3. The second-order valence-electron chi connectivity index (χ2n) is 5.88. The van der Waals surface area contributed by atoms with E-state index in [1.165, 1.54) is 30.3 Å². The van der Waals surface area contributed by atoms with Crippen molar-refractivity contribution >= 4 is 74.7 Å². The summed E-state index contributed by atoms with van der Waals surface area (Å²) in [6.45, 7) is 0. The number of benzene rings is 2. The smallest absolute Gasteiger partial charge is 0.418 e. The third-order valence-corrected chi connectivity index (χ3v) is 5.21. The van der Waals surface area contributed by atoms with Crippen LogP contribution in [0.15, 0.2) is 52.9 Å². The summed E-state index contributed by atoms with van der Waals surface area (Å²) in [5.74, 6) is -0.514. The molecule has 0 radical (unpaired) electrons. The number of rotatable bonds is 3. The lowest BCUT2D eigenvalue weighted by atomic mass is 10.1. The number of thiocarbonyl (C=S) groups is 1. The van der Waals surface area contributed by atoms with E-state index in [1.54, 1.807) is 34.7 Å². The monoisotopic (exact) mass is 584 g/mol. The van der Waals surface area contributed by atoms with Crippen LogP contribution < -0.4 is 10.6 Å². The molecule has 2 aromatic carbocycles. The van der Waals surface area contributed by atoms with Crippen LogP contribution in [-0.2, 0) is 6.18 Å². The molecule has 156 valence electrons. The molecule has 0 aliphatic rings. The molecule has 0 fully saturated rings. The van der Waals surface area contributed by atoms with E-state index < -0.39 is 17.6 Å². The Hall–Kier alpha value is -1.82. The molecule has 0 spiro atoms. The average Bonchev–Trinajstić information content (AvgIpc) is 3.12. The summed E-state index contributed by atoms with van der Waals surface area (Å²) in [6.07, 6.45) is -4.59. The Balaban J connectivity index is 1.73. The van der Waals surface area contributed by atoms with Crippen LogP contribution in [0, 0.1) is 3.57 Å². The van der Waals surface area contributed by atoms with Crippen molar-refractivity contribution in [2.24, 2.45) is 0 Å². The number of carbonyl (C=O) groups is 1. The molecule has 0 aliphatic carbocycles. The summed E-state index contributed by atoms with van der Waals surface area (Å²) in [4.78, 5) is 12.4. The first-order valence-electron chi connectivity index (χ1n) is 8.09. The summed E-state index contributed by atoms with van der Waals surface area (Å²) in [7, 11) is 0. The average molecular weight is 585 g/mol. The van der Waals surface area contributed by atoms with E-state index in [9.17, 15) is 18.0 Å². The second kappa shape index (κ2) is 9.13. The van der Waals surface area contributed by atoms with Gasteiger partial charge in [0.05, 0.1) is 16.3 Å². The van der Waals surface area contributed by atoms with Crippen molar-refractivity contribution in [2.75, 3.05) is 5.32 Å². The van der Waals surface area contributed by atoms with Gasteiger partial charge < -0.3 is 9.73 Å². The lowest BCUT2D eigenvalue weighted by Crippen LogP contribution is -2.34. The molecule has 30 heavy (non-hydrogen) atoms. The summed E-state index contributed by atoms with van der Waals surface area (Å²) >= 11 is 18.7. The predicted molar refractivity (Wildman–Crippen MR) is 122 cm³/mol. The van der Waals surface area contributed by atoms with Gasteiger partial charge in [-0.3, -0.25) is 10.1 Å². The van der Waals surface area contributed by atoms with Crippen LogP contribution >= 0.6 is 58.0 Å². The highest BCUT2D eigenvalue weighted by Gasteiger charge is 2.34. The van der Waals surface area contributed by atoms with Crippen LogP contribution in [0.2, 0.25) is 10.0 Å². The number of nitrogens with one attached hydrogen (secondary N) is 2. The van der Waals surface area contributed by atoms with Crippen molar-refractivity contribution in [3.8, 4) is 11.3 Å². The van der Waals surface area contributed by atoms with Gasteiger partial charge in [-0.1, -0.05) is 23.2 Å². The lowest BCUT2D eigenvalue weighted by Gasteiger charge is -2.15. The molecule has 0 saturated heterocycles. The maximum atomic E-state index is 13.2. The quantitative estimate of drug-likeness (QED) is 0.257. The fourth-order valence-electron chi connectivity index (χ4n) is 2.47. The van der Waals surface area contributed by atoms with E-state index in [0.717, 1.165) is 6.07 Å². The molecular weight excluding hydrogens is 575 g/mol. The Morgan fingerprint density at radius 2 is 1.80 bits per heavy atom. The molecule has 0 unspecified atom stereocenters. The first-order chi connectivity index (χ1) is 14.0. The number of anilines is 1. The molecule has 0 saturated carbocycles. The molecule has 3 aromatic rings. The fourth-order valence-corrected chi connectivity index (χ4v) is 3.67. The van der Waals surface area contributed by atoms with E-state index in [1.807, 2.05) is 0 Å². The molecular formula is C19H10Cl2F3IN2O2S. The van der Waals surface area contributed by atoms with Crippen LogP contribution in [0.3, 0.4) is 0 Å². The Bertz CT molecular complexity index is 1140. The lowest BCUT2D eigenvalue weighted by molar-refractivity contribution is -0.137. The van der Waals surface area contributed by atoms with E-state index in [0.29, 0.717) is 24.9 Å². The van der Waals surface area contributed by atoms with Gasteiger partial charge >= 0.3 is 6.18 Å². The van der Waals surface area contributed by atoms with Gasteiger partial charge in [-0.15, -0.1) is 0 Å². The van der Waals surface area contributed by atoms with Gasteiger partial charge in [0.25, 0.3) is 5.91 Å². The second-order valence-corrected chi connectivity index (χ2v) is 8.38. The van der Waals surface area contributed by atoms with Gasteiger partial charge in [0.1, 0.15) is 5.76 Å². The SMILES string of the molecule is O=C(NC(=S)Nc1ccc(I)cc1C(F)(F)F)c1ccc(-c2ccc(Cl)cc2Cl)o1. The van der Waals surface area contributed by atoms with Crippen molar-refractivity contribution in [3.63, 3.8) is 0 Å². The van der Waals surface area contributed by atoms with Gasteiger partial charge in [0.15, 0.2) is 10.9 Å². The number of amides is 1. The normalized spacial score (nSPS) is 11.3. The van der Waals surface area contributed by atoms with Crippen molar-refractivity contribution < 1.29 is 22.4 Å². The number of alkyl halides is 3. The minimum atomic E-state index is -4.59. The fraction of sp³-hybridized carbons (Fsp3) is 0.0526. The first-order valence-corrected chi connectivity index (χ1v) is 10.3. The zero-order valence-electron chi connectivity index (χ0n) is 14.6. The molecule has 2 N–H and O–H groups in total. The molecule has 3 rings (SSSR count). The van der Waals surface area contributed by atoms with E-state index in [4.69, 9.17) is 39.8 Å². The van der Waals surface area contributed by atoms with Crippen molar-refractivity contribution in [2.45, 2.75) is 6.18 Å². The summed E-state index contributed by atoms with van der Waals surface area (Å²) < 4.78 is 45.6. The van der Waals surface area contributed by atoms with E-state index in [-0.39, 0.29) is 16.6 Å². The topological polar surface area (TPSA) is 54.3 Å². The van der Waals surface area contributed by atoms with Crippen LogP contribution in [0.4, 0.5) is 18.9 Å². The Kier molecular flexibility index (Phi) is 6.95. The molecule has 1 heterocycles. The maximum Gasteiger partial charge on any atom is 0.418 e. The van der Waals surface area contributed by atoms with Gasteiger partial charge in [0.2, 0.25) is 0 Å². The zero-order chi connectivity index (χ0) is 22.1. The highest BCUT2D eigenvalue weighted by Crippen LogP contribution is 2.36. The Morgan fingerprint density at radius 1 is 1.07 bits per heavy atom. The van der Waals surface area contributed by atoms with Crippen molar-refractivity contribution in [1.29, 1.82) is 0 Å². The molecule has 11 heteroatoms. The standard InChI is InChI=1S/C19H10Cl2F3IN2O2S/c20-9-1-3-11(13(21)7-9)15-5-6-16(29-15)17(28)27-18(30)26-14-4-2-10(25)8-12(14)19(22,23)24/h1-8H,(H2,26,27,28,30). The molecule has 1 aromatic heterocycles. The molecule has 1 amide bonds. The minimum Gasteiger partial charge on any atom is -0.451 e. The minimum absolute atomic E-state index is 0.0983. The Morgan fingerprint density at radius 3 is 2.47 bits per heavy atom. The largest absolute Gasteiger partial charge is 0.451 e. The third kappa shape index (κ3) is 5.45. The maximum absolute atomic E-state index is 13.2. The predicted octanol–water partition coefficient (Wildman–Crippen LogP) is 7.00. The molecule has 0 aliphatic heterocycles. The van der Waals surface area contributed by atoms with Crippen LogP contribution in [0.1, 0.15) is 16.1 Å². The molecule has 0 atom stereocenters. The summed E-state index contributed by atoms with van der Waals surface area (Å²) in [6, 6.07) is 11.4. The van der Waals surface area contributed by atoms with Crippen LogP contribution in [0.5, 0.6) is 0 Å². The number of carbonyl (C=O) groups excluding carboxylic acids is 1. The third-order valence-electron chi connectivity index (χ3n) is 3.79. The number of furan rings is 1. The summed E-state index contributed by atoms with van der Waals surface area (Å²) in [5, 5.41) is 5.15. The van der Waals surface area contributed by atoms with Crippen LogP contribution in [0.25, 0.3) is 11.3 Å². The van der Waals surface area contributed by atoms with Gasteiger partial charge in [-0.25, -0.2) is 0 Å². The first kappa shape index (κ1) is 22.9. The zero-order valence-corrected chi connectivity index (χ0v) is 19.1.